The predicted octanol–water partition coefficient (Wildman–Crippen LogP) is 3.42. The van der Waals surface area contributed by atoms with Crippen molar-refractivity contribution in [3.05, 3.63) is 54.9 Å². The molecule has 0 bridgehead atoms. The average molecular weight is 238 g/mol. The molecule has 90 valence electrons. The van der Waals surface area contributed by atoms with Gasteiger partial charge in [-0.2, -0.15) is 0 Å². The first-order valence-corrected chi connectivity index (χ1v) is 6.04. The van der Waals surface area contributed by atoms with Gasteiger partial charge in [-0.3, -0.25) is 4.57 Å². The molecular weight excluding hydrogens is 224 g/mol. The normalized spacial score (nSPS) is 10.7. The maximum absolute atomic E-state index is 5.66. The second kappa shape index (κ2) is 4.53. The number of benzene rings is 2. The third kappa shape index (κ3) is 1.74. The third-order valence-electron chi connectivity index (χ3n) is 2.88. The van der Waals surface area contributed by atoms with E-state index in [4.69, 9.17) is 4.74 Å². The van der Waals surface area contributed by atoms with Crippen molar-refractivity contribution in [3.8, 4) is 11.4 Å². The Balaban J connectivity index is 2.20. The van der Waals surface area contributed by atoms with Crippen molar-refractivity contribution >= 4 is 11.0 Å². The SMILES string of the molecule is CCOc1ccccc1-n1cnc2ccccc21. The number of hydrogen-bond acceptors (Lipinski definition) is 2. The van der Waals surface area contributed by atoms with Crippen LogP contribution in [0.25, 0.3) is 16.7 Å². The van der Waals surface area contributed by atoms with Crippen LogP contribution in [0.5, 0.6) is 5.75 Å². The standard InChI is InChI=1S/C15H14N2O/c1-2-18-15-10-6-5-9-14(15)17-11-16-12-7-3-4-8-13(12)17/h3-11H,2H2,1H3. The highest BCUT2D eigenvalue weighted by Gasteiger charge is 2.08. The zero-order valence-electron chi connectivity index (χ0n) is 10.2. The number of ether oxygens (including phenoxy) is 1. The van der Waals surface area contributed by atoms with Gasteiger partial charge < -0.3 is 4.74 Å². The number of fused-ring (bicyclic) bond motifs is 1. The molecule has 0 N–H and O–H groups in total. The summed E-state index contributed by atoms with van der Waals surface area (Å²) in [6.45, 7) is 2.65. The fourth-order valence-corrected chi connectivity index (χ4v) is 2.08. The number of hydrogen-bond donors (Lipinski definition) is 0. The van der Waals surface area contributed by atoms with Gasteiger partial charge in [0.15, 0.2) is 0 Å². The molecule has 0 radical (unpaired) electrons. The largest absolute Gasteiger partial charge is 0.492 e. The Labute approximate surface area is 106 Å². The Kier molecular flexibility index (Phi) is 2.73. The minimum Gasteiger partial charge on any atom is -0.492 e. The molecule has 18 heavy (non-hydrogen) atoms. The van der Waals surface area contributed by atoms with Crippen LogP contribution in [-0.2, 0) is 0 Å². The van der Waals surface area contributed by atoms with E-state index in [1.807, 2.05) is 55.7 Å². The molecular formula is C15H14N2O. The Bertz CT molecular complexity index is 673. The number of para-hydroxylation sites is 4. The van der Waals surface area contributed by atoms with E-state index in [9.17, 15) is 0 Å². The van der Waals surface area contributed by atoms with Gasteiger partial charge >= 0.3 is 0 Å². The molecule has 0 spiro atoms. The summed E-state index contributed by atoms with van der Waals surface area (Å²) in [5.74, 6) is 0.878. The van der Waals surface area contributed by atoms with E-state index >= 15 is 0 Å². The molecule has 0 amide bonds. The van der Waals surface area contributed by atoms with Gasteiger partial charge in [-0.15, -0.1) is 0 Å². The summed E-state index contributed by atoms with van der Waals surface area (Å²) in [5, 5.41) is 0. The van der Waals surface area contributed by atoms with Crippen LogP contribution in [0, 0.1) is 0 Å². The van der Waals surface area contributed by atoms with Crippen LogP contribution in [0.15, 0.2) is 54.9 Å². The van der Waals surface area contributed by atoms with Crippen LogP contribution in [-0.4, -0.2) is 16.2 Å². The number of aromatic nitrogens is 2. The Hall–Kier alpha value is -2.29. The molecule has 3 nitrogen and oxygen atoms in total. The zero-order valence-corrected chi connectivity index (χ0v) is 10.2. The molecule has 1 heterocycles. The lowest BCUT2D eigenvalue weighted by Gasteiger charge is -2.11. The van der Waals surface area contributed by atoms with Crippen molar-refractivity contribution in [3.63, 3.8) is 0 Å². The summed E-state index contributed by atoms with van der Waals surface area (Å²) in [5.41, 5.74) is 3.10. The lowest BCUT2D eigenvalue weighted by molar-refractivity contribution is 0.339. The molecule has 0 aliphatic carbocycles. The number of nitrogens with zero attached hydrogens (tertiary/aromatic N) is 2. The van der Waals surface area contributed by atoms with Crippen LogP contribution in [0.1, 0.15) is 6.92 Å². The predicted molar refractivity (Wildman–Crippen MR) is 72.2 cm³/mol. The first-order chi connectivity index (χ1) is 8.90. The monoisotopic (exact) mass is 238 g/mol. The molecule has 0 fully saturated rings. The third-order valence-corrected chi connectivity index (χ3v) is 2.88. The van der Waals surface area contributed by atoms with Crippen LogP contribution < -0.4 is 4.74 Å². The van der Waals surface area contributed by atoms with E-state index in [-0.39, 0.29) is 0 Å². The molecule has 3 aromatic rings. The second-order valence-electron chi connectivity index (χ2n) is 4.00. The van der Waals surface area contributed by atoms with Gasteiger partial charge in [0.25, 0.3) is 0 Å². The van der Waals surface area contributed by atoms with Crippen molar-refractivity contribution in [1.82, 2.24) is 9.55 Å². The van der Waals surface area contributed by atoms with Crippen LogP contribution in [0.2, 0.25) is 0 Å². The molecule has 3 heteroatoms. The summed E-state index contributed by atoms with van der Waals surface area (Å²) < 4.78 is 7.72. The van der Waals surface area contributed by atoms with E-state index in [1.165, 1.54) is 0 Å². The minimum absolute atomic E-state index is 0.656. The summed E-state index contributed by atoms with van der Waals surface area (Å²) in [6, 6.07) is 16.1. The fraction of sp³-hybridized carbons (Fsp3) is 0.133. The molecule has 1 aromatic heterocycles. The average Bonchev–Trinajstić information content (AvgIpc) is 2.84. The fourth-order valence-electron chi connectivity index (χ4n) is 2.08. The van der Waals surface area contributed by atoms with Gasteiger partial charge in [0.05, 0.1) is 23.3 Å². The topological polar surface area (TPSA) is 27.1 Å². The Morgan fingerprint density at radius 2 is 1.83 bits per heavy atom. The highest BCUT2D eigenvalue weighted by atomic mass is 16.5. The van der Waals surface area contributed by atoms with Gasteiger partial charge in [-0.25, -0.2) is 4.98 Å². The summed E-state index contributed by atoms with van der Waals surface area (Å²) in [4.78, 5) is 4.40. The van der Waals surface area contributed by atoms with Crippen molar-refractivity contribution < 1.29 is 4.74 Å². The number of rotatable bonds is 3. The van der Waals surface area contributed by atoms with Gasteiger partial charge in [0.1, 0.15) is 12.1 Å². The van der Waals surface area contributed by atoms with Crippen molar-refractivity contribution in [2.45, 2.75) is 6.92 Å². The molecule has 0 atom stereocenters. The Morgan fingerprint density at radius 3 is 2.72 bits per heavy atom. The van der Waals surface area contributed by atoms with Crippen molar-refractivity contribution in [2.24, 2.45) is 0 Å². The molecule has 2 aromatic carbocycles. The zero-order chi connectivity index (χ0) is 12.4. The smallest absolute Gasteiger partial charge is 0.143 e. The molecule has 0 saturated carbocycles. The maximum Gasteiger partial charge on any atom is 0.143 e. The Morgan fingerprint density at radius 1 is 1.06 bits per heavy atom. The van der Waals surface area contributed by atoms with E-state index in [1.54, 1.807) is 0 Å². The van der Waals surface area contributed by atoms with Crippen LogP contribution >= 0.6 is 0 Å². The molecule has 0 aliphatic heterocycles. The lowest BCUT2D eigenvalue weighted by Crippen LogP contribution is -1.99. The van der Waals surface area contributed by atoms with Crippen molar-refractivity contribution in [2.75, 3.05) is 6.61 Å². The van der Waals surface area contributed by atoms with E-state index in [2.05, 4.69) is 15.6 Å². The first-order valence-electron chi connectivity index (χ1n) is 6.04. The van der Waals surface area contributed by atoms with Gasteiger partial charge in [-0.05, 0) is 31.2 Å². The van der Waals surface area contributed by atoms with Gasteiger partial charge in [0.2, 0.25) is 0 Å². The van der Waals surface area contributed by atoms with Gasteiger partial charge in [-0.1, -0.05) is 24.3 Å². The minimum atomic E-state index is 0.656. The second-order valence-corrected chi connectivity index (χ2v) is 4.00. The maximum atomic E-state index is 5.66. The molecule has 0 unspecified atom stereocenters. The van der Waals surface area contributed by atoms with Crippen molar-refractivity contribution in [1.29, 1.82) is 0 Å². The molecule has 3 rings (SSSR count). The van der Waals surface area contributed by atoms with E-state index < -0.39 is 0 Å². The van der Waals surface area contributed by atoms with Crippen LogP contribution in [0.4, 0.5) is 0 Å². The first kappa shape index (κ1) is 10.8. The van der Waals surface area contributed by atoms with E-state index in [0.29, 0.717) is 6.61 Å². The highest BCUT2D eigenvalue weighted by Crippen LogP contribution is 2.26. The summed E-state index contributed by atoms with van der Waals surface area (Å²) >= 11 is 0. The lowest BCUT2D eigenvalue weighted by atomic mass is 10.2. The van der Waals surface area contributed by atoms with E-state index in [0.717, 1.165) is 22.5 Å². The molecule has 0 saturated heterocycles. The number of imidazole rings is 1. The highest BCUT2D eigenvalue weighted by molar-refractivity contribution is 5.77. The summed E-state index contributed by atoms with van der Waals surface area (Å²) in [6.07, 6.45) is 1.84. The summed E-state index contributed by atoms with van der Waals surface area (Å²) in [7, 11) is 0. The quantitative estimate of drug-likeness (QED) is 0.699. The molecule has 0 aliphatic rings. The van der Waals surface area contributed by atoms with Gasteiger partial charge in [0, 0.05) is 0 Å². The van der Waals surface area contributed by atoms with Crippen LogP contribution in [0.3, 0.4) is 0 Å².